The highest BCUT2D eigenvalue weighted by molar-refractivity contribution is 5.08. The van der Waals surface area contributed by atoms with E-state index in [9.17, 15) is 0 Å². The number of nitrogens with one attached hydrogen (secondary N) is 2. The minimum absolute atomic E-state index is 0. The number of hydrogen-bond acceptors (Lipinski definition) is 5. The Morgan fingerprint density at radius 3 is 3.17 bits per heavy atom. The molecule has 18 heavy (non-hydrogen) atoms. The molecule has 0 radical (unpaired) electrons. The summed E-state index contributed by atoms with van der Waals surface area (Å²) in [5, 5.41) is 18.5. The number of aromatic nitrogens is 5. The summed E-state index contributed by atoms with van der Waals surface area (Å²) in [7, 11) is 1.65. The summed E-state index contributed by atoms with van der Waals surface area (Å²) in [6.45, 7) is 4.88. The summed E-state index contributed by atoms with van der Waals surface area (Å²) in [6, 6.07) is 1.97. The first kappa shape index (κ1) is 12.7. The normalized spacial score (nSPS) is 11.0. The molecule has 0 amide bonds. The van der Waals surface area contributed by atoms with Crippen LogP contribution in [0.4, 0.5) is 0 Å². The van der Waals surface area contributed by atoms with Crippen LogP contribution in [0.1, 0.15) is 25.4 Å². The molecule has 7 heteroatoms. The van der Waals surface area contributed by atoms with E-state index < -0.39 is 0 Å². The maximum absolute atomic E-state index is 5.01. The highest BCUT2D eigenvalue weighted by Gasteiger charge is 2.04. The molecule has 0 aliphatic carbocycles. The van der Waals surface area contributed by atoms with Crippen LogP contribution in [0.2, 0.25) is 0 Å². The van der Waals surface area contributed by atoms with Crippen LogP contribution in [0.5, 0.6) is 0 Å². The van der Waals surface area contributed by atoms with Gasteiger partial charge in [-0.25, -0.2) is 4.68 Å². The zero-order valence-corrected chi connectivity index (χ0v) is 10.7. The van der Waals surface area contributed by atoms with E-state index in [1.54, 1.807) is 11.8 Å². The van der Waals surface area contributed by atoms with E-state index in [2.05, 4.69) is 32.7 Å². The van der Waals surface area contributed by atoms with Crippen LogP contribution in [-0.2, 0) is 24.4 Å². The van der Waals surface area contributed by atoms with Crippen molar-refractivity contribution in [3.8, 4) is 0 Å². The standard InChI is InChI=1S/C11H18N6O.H2/c1-3-12-5-11-7-17(16-15-11)6-9-4-10(8-18-2)14-13-9;/h4,7,12H,3,5-6,8H2,1-2H3,(H,13,14);1H. The van der Waals surface area contributed by atoms with Crippen molar-refractivity contribution < 1.29 is 6.16 Å². The van der Waals surface area contributed by atoms with Gasteiger partial charge in [0.2, 0.25) is 0 Å². The second-order valence-corrected chi connectivity index (χ2v) is 4.01. The summed E-state index contributed by atoms with van der Waals surface area (Å²) >= 11 is 0. The highest BCUT2D eigenvalue weighted by Crippen LogP contribution is 2.03. The van der Waals surface area contributed by atoms with Gasteiger partial charge in [-0.1, -0.05) is 12.1 Å². The molecule has 2 rings (SSSR count). The van der Waals surface area contributed by atoms with Crippen molar-refractivity contribution >= 4 is 0 Å². The summed E-state index contributed by atoms with van der Waals surface area (Å²) < 4.78 is 6.80. The maximum atomic E-state index is 5.01. The van der Waals surface area contributed by atoms with Gasteiger partial charge >= 0.3 is 0 Å². The Hall–Kier alpha value is -1.73. The average molecular weight is 252 g/mol. The Balaban J connectivity index is 0.00000180. The lowest BCUT2D eigenvalue weighted by Gasteiger charge is -1.96. The van der Waals surface area contributed by atoms with Crippen LogP contribution in [0.3, 0.4) is 0 Å². The molecule has 2 aromatic rings. The van der Waals surface area contributed by atoms with Crippen molar-refractivity contribution in [1.29, 1.82) is 0 Å². The fraction of sp³-hybridized carbons (Fsp3) is 0.545. The smallest absolute Gasteiger partial charge is 0.0964 e. The molecule has 100 valence electrons. The molecule has 0 saturated carbocycles. The molecule has 0 aliphatic rings. The SMILES string of the molecule is CCNCc1cn(Cc2cc(COC)n[nH]2)nn1.[HH]. The first-order valence-corrected chi connectivity index (χ1v) is 5.93. The van der Waals surface area contributed by atoms with Crippen molar-refractivity contribution in [2.24, 2.45) is 0 Å². The Kier molecular flexibility index (Phi) is 4.43. The third kappa shape index (κ3) is 3.38. The average Bonchev–Trinajstić information content (AvgIpc) is 2.98. The van der Waals surface area contributed by atoms with Gasteiger partial charge in [-0.3, -0.25) is 5.10 Å². The molecule has 0 spiro atoms. The molecule has 2 heterocycles. The van der Waals surface area contributed by atoms with Gasteiger partial charge in [0, 0.05) is 15.1 Å². The molecule has 0 saturated heterocycles. The molecular weight excluding hydrogens is 232 g/mol. The lowest BCUT2D eigenvalue weighted by molar-refractivity contribution is 0.181. The number of hydrogen-bond donors (Lipinski definition) is 2. The van der Waals surface area contributed by atoms with Gasteiger partial charge in [0.25, 0.3) is 0 Å². The monoisotopic (exact) mass is 252 g/mol. The van der Waals surface area contributed by atoms with Gasteiger partial charge in [-0.05, 0) is 12.6 Å². The topological polar surface area (TPSA) is 80.6 Å². The molecule has 0 bridgehead atoms. The number of ether oxygens (including phenoxy) is 1. The van der Waals surface area contributed by atoms with E-state index in [0.29, 0.717) is 13.2 Å². The largest absolute Gasteiger partial charge is 0.378 e. The lowest BCUT2D eigenvalue weighted by Crippen LogP contribution is -2.11. The van der Waals surface area contributed by atoms with Crippen molar-refractivity contribution in [1.82, 2.24) is 30.5 Å². The molecule has 0 aromatic carbocycles. The number of H-pyrrole nitrogens is 1. The second-order valence-electron chi connectivity index (χ2n) is 4.01. The van der Waals surface area contributed by atoms with Crippen LogP contribution in [0, 0.1) is 0 Å². The Labute approximate surface area is 107 Å². The van der Waals surface area contributed by atoms with E-state index in [0.717, 1.165) is 30.2 Å². The van der Waals surface area contributed by atoms with E-state index in [4.69, 9.17) is 4.74 Å². The van der Waals surface area contributed by atoms with Gasteiger partial charge in [-0.2, -0.15) is 5.10 Å². The molecule has 0 unspecified atom stereocenters. The van der Waals surface area contributed by atoms with Gasteiger partial charge in [0.1, 0.15) is 0 Å². The number of rotatable bonds is 7. The van der Waals surface area contributed by atoms with Gasteiger partial charge in [-0.15, -0.1) is 5.10 Å². The third-order valence-electron chi connectivity index (χ3n) is 2.45. The third-order valence-corrected chi connectivity index (χ3v) is 2.45. The summed E-state index contributed by atoms with van der Waals surface area (Å²) in [4.78, 5) is 0. The fourth-order valence-electron chi connectivity index (χ4n) is 1.64. The van der Waals surface area contributed by atoms with Crippen molar-refractivity contribution in [2.75, 3.05) is 13.7 Å². The molecule has 0 fully saturated rings. The first-order chi connectivity index (χ1) is 8.81. The Morgan fingerprint density at radius 1 is 1.50 bits per heavy atom. The lowest BCUT2D eigenvalue weighted by atomic mass is 10.3. The van der Waals surface area contributed by atoms with Crippen LogP contribution >= 0.6 is 0 Å². The van der Waals surface area contributed by atoms with Gasteiger partial charge in [0.05, 0.1) is 36.4 Å². The molecular formula is C11H20N6O. The molecule has 2 N–H and O–H groups in total. The quantitative estimate of drug-likeness (QED) is 0.752. The molecule has 0 atom stereocenters. The second kappa shape index (κ2) is 6.27. The summed E-state index contributed by atoms with van der Waals surface area (Å²) in [5.74, 6) is 0. The zero-order valence-electron chi connectivity index (χ0n) is 10.7. The summed E-state index contributed by atoms with van der Waals surface area (Å²) in [6.07, 6.45) is 1.93. The van der Waals surface area contributed by atoms with E-state index in [-0.39, 0.29) is 1.43 Å². The maximum Gasteiger partial charge on any atom is 0.0964 e. The van der Waals surface area contributed by atoms with Crippen LogP contribution in [-0.4, -0.2) is 38.8 Å². The predicted octanol–water partition coefficient (Wildman–Crippen LogP) is 0.551. The van der Waals surface area contributed by atoms with Crippen molar-refractivity contribution in [2.45, 2.75) is 26.6 Å². The summed E-state index contributed by atoms with van der Waals surface area (Å²) in [5.41, 5.74) is 2.82. The highest BCUT2D eigenvalue weighted by atomic mass is 16.5. The van der Waals surface area contributed by atoms with E-state index in [1.807, 2.05) is 12.3 Å². The fourth-order valence-corrected chi connectivity index (χ4v) is 1.64. The van der Waals surface area contributed by atoms with Crippen molar-refractivity contribution in [3.05, 3.63) is 29.3 Å². The Morgan fingerprint density at radius 2 is 2.39 bits per heavy atom. The molecule has 2 aromatic heterocycles. The number of nitrogens with zero attached hydrogens (tertiary/aromatic N) is 4. The zero-order chi connectivity index (χ0) is 12.8. The minimum Gasteiger partial charge on any atom is -0.378 e. The first-order valence-electron chi connectivity index (χ1n) is 5.93. The number of aromatic amines is 1. The minimum atomic E-state index is 0. The molecule has 7 nitrogen and oxygen atoms in total. The van der Waals surface area contributed by atoms with Crippen molar-refractivity contribution in [3.63, 3.8) is 0 Å². The van der Waals surface area contributed by atoms with Crippen LogP contribution < -0.4 is 5.32 Å². The van der Waals surface area contributed by atoms with Crippen LogP contribution in [0.15, 0.2) is 12.3 Å². The predicted molar refractivity (Wildman–Crippen MR) is 67.9 cm³/mol. The number of methoxy groups -OCH3 is 1. The van der Waals surface area contributed by atoms with E-state index in [1.165, 1.54) is 0 Å². The Bertz CT molecular complexity index is 483. The van der Waals surface area contributed by atoms with Gasteiger partial charge < -0.3 is 10.1 Å². The molecule has 0 aliphatic heterocycles. The van der Waals surface area contributed by atoms with Crippen LogP contribution in [0.25, 0.3) is 0 Å². The van der Waals surface area contributed by atoms with E-state index >= 15 is 0 Å². The van der Waals surface area contributed by atoms with Gasteiger partial charge in [0.15, 0.2) is 0 Å².